The van der Waals surface area contributed by atoms with Gasteiger partial charge in [-0.05, 0) is 6.42 Å². The first-order chi connectivity index (χ1) is 6.16. The van der Waals surface area contributed by atoms with Crippen molar-refractivity contribution in [1.29, 1.82) is 0 Å². The van der Waals surface area contributed by atoms with E-state index in [0.29, 0.717) is 19.5 Å². The van der Waals surface area contributed by atoms with Crippen molar-refractivity contribution in [3.05, 3.63) is 0 Å². The third kappa shape index (κ3) is 1.11. The van der Waals surface area contributed by atoms with Gasteiger partial charge in [0.15, 0.2) is 0 Å². The number of imide groups is 1. The Morgan fingerprint density at radius 3 is 2.69 bits per heavy atom. The standard InChI is InChI=1S/C8H10N2O3/c11-5-10-2-1-8(4-10)3-6(12)9-7(8)13/h5H,1-4H2,(H,9,12,13). The van der Waals surface area contributed by atoms with Crippen LogP contribution < -0.4 is 5.32 Å². The lowest BCUT2D eigenvalue weighted by Crippen LogP contribution is -2.34. The number of amides is 3. The van der Waals surface area contributed by atoms with Crippen LogP contribution in [0, 0.1) is 5.41 Å². The van der Waals surface area contributed by atoms with Gasteiger partial charge in [0.25, 0.3) is 0 Å². The van der Waals surface area contributed by atoms with Gasteiger partial charge in [0.2, 0.25) is 18.2 Å². The molecule has 2 fully saturated rings. The van der Waals surface area contributed by atoms with E-state index in [-0.39, 0.29) is 18.2 Å². The van der Waals surface area contributed by atoms with Gasteiger partial charge >= 0.3 is 0 Å². The molecular formula is C8H10N2O3. The molecule has 3 amide bonds. The number of rotatable bonds is 1. The molecule has 1 atom stereocenters. The van der Waals surface area contributed by atoms with E-state index in [9.17, 15) is 14.4 Å². The Labute approximate surface area is 75.1 Å². The summed E-state index contributed by atoms with van der Waals surface area (Å²) in [5.74, 6) is -0.445. The quantitative estimate of drug-likeness (QED) is 0.412. The molecule has 13 heavy (non-hydrogen) atoms. The van der Waals surface area contributed by atoms with Crippen LogP contribution in [0.5, 0.6) is 0 Å². The van der Waals surface area contributed by atoms with Gasteiger partial charge in [-0.3, -0.25) is 19.7 Å². The summed E-state index contributed by atoms with van der Waals surface area (Å²) in [7, 11) is 0. The van der Waals surface area contributed by atoms with Crippen molar-refractivity contribution in [2.24, 2.45) is 5.41 Å². The van der Waals surface area contributed by atoms with Crippen molar-refractivity contribution in [3.63, 3.8) is 0 Å². The second-order valence-corrected chi connectivity index (χ2v) is 3.66. The van der Waals surface area contributed by atoms with E-state index in [4.69, 9.17) is 0 Å². The smallest absolute Gasteiger partial charge is 0.235 e. The van der Waals surface area contributed by atoms with E-state index < -0.39 is 5.41 Å². The molecule has 2 heterocycles. The van der Waals surface area contributed by atoms with Gasteiger partial charge in [-0.15, -0.1) is 0 Å². The molecule has 2 saturated heterocycles. The third-order valence-electron chi connectivity index (χ3n) is 2.77. The maximum atomic E-state index is 11.4. The van der Waals surface area contributed by atoms with Gasteiger partial charge in [-0.25, -0.2) is 0 Å². The summed E-state index contributed by atoms with van der Waals surface area (Å²) in [6.07, 6.45) is 1.56. The number of likely N-dealkylation sites (tertiary alicyclic amines) is 1. The first-order valence-corrected chi connectivity index (χ1v) is 4.20. The first-order valence-electron chi connectivity index (χ1n) is 4.20. The van der Waals surface area contributed by atoms with Crippen molar-refractivity contribution in [2.45, 2.75) is 12.8 Å². The highest BCUT2D eigenvalue weighted by molar-refractivity contribution is 6.06. The summed E-state index contributed by atoms with van der Waals surface area (Å²) < 4.78 is 0. The molecule has 1 unspecified atom stereocenters. The Morgan fingerprint density at radius 2 is 2.23 bits per heavy atom. The van der Waals surface area contributed by atoms with Gasteiger partial charge in [-0.1, -0.05) is 0 Å². The van der Waals surface area contributed by atoms with Gasteiger partial charge in [-0.2, -0.15) is 0 Å². The van der Waals surface area contributed by atoms with Crippen LogP contribution in [0.3, 0.4) is 0 Å². The van der Waals surface area contributed by atoms with Crippen molar-refractivity contribution >= 4 is 18.2 Å². The van der Waals surface area contributed by atoms with Crippen LogP contribution >= 0.6 is 0 Å². The predicted molar refractivity (Wildman–Crippen MR) is 42.5 cm³/mol. The lowest BCUT2D eigenvalue weighted by Gasteiger charge is -2.17. The Hall–Kier alpha value is -1.39. The van der Waals surface area contributed by atoms with E-state index in [2.05, 4.69) is 5.32 Å². The molecule has 2 aliphatic heterocycles. The molecule has 0 aromatic carbocycles. The maximum absolute atomic E-state index is 11.4. The molecule has 2 rings (SSSR count). The molecule has 1 N–H and O–H groups in total. The van der Waals surface area contributed by atoms with E-state index in [1.54, 1.807) is 0 Å². The molecule has 0 radical (unpaired) electrons. The summed E-state index contributed by atoms with van der Waals surface area (Å²) in [6, 6.07) is 0. The van der Waals surface area contributed by atoms with Crippen LogP contribution in [-0.2, 0) is 14.4 Å². The van der Waals surface area contributed by atoms with E-state index in [0.717, 1.165) is 6.41 Å². The number of nitrogens with one attached hydrogen (secondary N) is 1. The Kier molecular flexibility index (Phi) is 1.61. The van der Waals surface area contributed by atoms with E-state index in [1.165, 1.54) is 4.90 Å². The monoisotopic (exact) mass is 182 g/mol. The molecule has 0 aromatic rings. The van der Waals surface area contributed by atoms with Crippen LogP contribution in [0.25, 0.3) is 0 Å². The van der Waals surface area contributed by atoms with Crippen molar-refractivity contribution < 1.29 is 14.4 Å². The zero-order valence-electron chi connectivity index (χ0n) is 7.08. The minimum absolute atomic E-state index is 0.221. The Balaban J connectivity index is 2.19. The second kappa shape index (κ2) is 2.55. The van der Waals surface area contributed by atoms with Crippen molar-refractivity contribution in [3.8, 4) is 0 Å². The predicted octanol–water partition coefficient (Wildman–Crippen LogP) is -1.12. The largest absolute Gasteiger partial charge is 0.344 e. The zero-order valence-corrected chi connectivity index (χ0v) is 7.08. The third-order valence-corrected chi connectivity index (χ3v) is 2.77. The van der Waals surface area contributed by atoms with Gasteiger partial charge in [0.05, 0.1) is 5.41 Å². The van der Waals surface area contributed by atoms with Gasteiger partial charge in [0, 0.05) is 19.5 Å². The minimum atomic E-state index is -0.613. The van der Waals surface area contributed by atoms with Crippen molar-refractivity contribution in [2.75, 3.05) is 13.1 Å². The molecule has 5 nitrogen and oxygen atoms in total. The summed E-state index contributed by atoms with van der Waals surface area (Å²) in [4.78, 5) is 34.4. The highest BCUT2D eigenvalue weighted by Crippen LogP contribution is 2.36. The molecule has 70 valence electrons. The van der Waals surface area contributed by atoms with Crippen LogP contribution in [0.4, 0.5) is 0 Å². The van der Waals surface area contributed by atoms with Crippen molar-refractivity contribution in [1.82, 2.24) is 10.2 Å². The van der Waals surface area contributed by atoms with Crippen LogP contribution in [0.2, 0.25) is 0 Å². The normalized spacial score (nSPS) is 32.8. The molecule has 0 bridgehead atoms. The Morgan fingerprint density at radius 1 is 1.46 bits per heavy atom. The highest BCUT2D eigenvalue weighted by Gasteiger charge is 2.50. The number of carbonyl (C=O) groups excluding carboxylic acids is 3. The SMILES string of the molecule is O=CN1CCC2(CC(=O)NC2=O)C1. The molecule has 0 aliphatic carbocycles. The summed E-state index contributed by atoms with van der Waals surface area (Å²) in [5, 5.41) is 2.27. The minimum Gasteiger partial charge on any atom is -0.344 e. The fourth-order valence-corrected chi connectivity index (χ4v) is 2.02. The summed E-state index contributed by atoms with van der Waals surface area (Å²) in [5.41, 5.74) is -0.613. The number of carbonyl (C=O) groups is 3. The maximum Gasteiger partial charge on any atom is 0.235 e. The average molecular weight is 182 g/mol. The number of nitrogens with zero attached hydrogens (tertiary/aromatic N) is 1. The average Bonchev–Trinajstić information content (AvgIpc) is 2.59. The summed E-state index contributed by atoms with van der Waals surface area (Å²) in [6.45, 7) is 0.957. The molecule has 0 saturated carbocycles. The van der Waals surface area contributed by atoms with Gasteiger partial charge in [0.1, 0.15) is 0 Å². The van der Waals surface area contributed by atoms with Crippen LogP contribution in [-0.4, -0.2) is 36.2 Å². The number of hydrogen-bond donors (Lipinski definition) is 1. The molecule has 0 aromatic heterocycles. The molecule has 1 spiro atoms. The Bertz CT molecular complexity index is 289. The molecular weight excluding hydrogens is 172 g/mol. The summed E-state index contributed by atoms with van der Waals surface area (Å²) >= 11 is 0. The van der Waals surface area contributed by atoms with E-state index in [1.807, 2.05) is 0 Å². The topological polar surface area (TPSA) is 66.5 Å². The first kappa shape index (κ1) is 8.22. The van der Waals surface area contributed by atoms with Crippen LogP contribution in [0.1, 0.15) is 12.8 Å². The lowest BCUT2D eigenvalue weighted by molar-refractivity contribution is -0.128. The van der Waals surface area contributed by atoms with Crippen LogP contribution in [0.15, 0.2) is 0 Å². The zero-order chi connectivity index (χ0) is 9.47. The number of hydrogen-bond acceptors (Lipinski definition) is 3. The van der Waals surface area contributed by atoms with Gasteiger partial charge < -0.3 is 4.90 Å². The molecule has 5 heteroatoms. The highest BCUT2D eigenvalue weighted by atomic mass is 16.2. The second-order valence-electron chi connectivity index (χ2n) is 3.66. The lowest BCUT2D eigenvalue weighted by atomic mass is 9.85. The molecule has 2 aliphatic rings. The van der Waals surface area contributed by atoms with E-state index >= 15 is 0 Å². The fraction of sp³-hybridized carbons (Fsp3) is 0.625. The fourth-order valence-electron chi connectivity index (χ4n) is 2.02.